The van der Waals surface area contributed by atoms with Crippen LogP contribution in [-0.2, 0) is 5.41 Å². The zero-order chi connectivity index (χ0) is 14.3. The predicted molar refractivity (Wildman–Crippen MR) is 90.0 cm³/mol. The number of halogens is 2. The molecule has 1 rings (SSSR count). The van der Waals surface area contributed by atoms with Crippen LogP contribution in [0, 0.1) is 0 Å². The number of thiophene rings is 1. The highest BCUT2D eigenvalue weighted by Gasteiger charge is 2.29. The van der Waals surface area contributed by atoms with E-state index >= 15 is 0 Å². The van der Waals surface area contributed by atoms with Gasteiger partial charge in [0.2, 0.25) is 0 Å². The topological polar surface area (TPSA) is 0 Å². The molecule has 1 heterocycles. The summed E-state index contributed by atoms with van der Waals surface area (Å²) >= 11 is 14.1. The smallest absolute Gasteiger partial charge is 0.112 e. The Hall–Kier alpha value is 0.280. The molecule has 0 aliphatic heterocycles. The predicted octanol–water partition coefficient (Wildman–Crippen LogP) is 7.47. The minimum Gasteiger partial charge on any atom is -0.130 e. The average Bonchev–Trinajstić information content (AvgIpc) is 2.71. The molecule has 0 aliphatic carbocycles. The molecular weight excluding hydrogens is 295 g/mol. The summed E-state index contributed by atoms with van der Waals surface area (Å²) < 4.78 is 0.744. The van der Waals surface area contributed by atoms with E-state index in [1.807, 2.05) is 0 Å². The van der Waals surface area contributed by atoms with Crippen molar-refractivity contribution in [3.05, 3.63) is 20.3 Å². The number of unbranched alkanes of at least 4 members (excludes halogenated alkanes) is 4. The van der Waals surface area contributed by atoms with Gasteiger partial charge in [-0.15, -0.1) is 11.3 Å². The van der Waals surface area contributed by atoms with Crippen LogP contribution >= 0.6 is 34.5 Å². The molecule has 0 spiro atoms. The first kappa shape index (κ1) is 17.3. The SMILES string of the molecule is CCCCCC(C)(CCCCC)c1csc(Cl)c1Cl. The van der Waals surface area contributed by atoms with Crippen LogP contribution in [0.25, 0.3) is 0 Å². The molecule has 0 amide bonds. The molecule has 0 fully saturated rings. The van der Waals surface area contributed by atoms with Crippen LogP contribution in [0.4, 0.5) is 0 Å². The molecule has 1 aromatic rings. The molecule has 0 radical (unpaired) electrons. The lowest BCUT2D eigenvalue weighted by atomic mass is 9.75. The second-order valence-electron chi connectivity index (χ2n) is 5.71. The largest absolute Gasteiger partial charge is 0.130 e. The van der Waals surface area contributed by atoms with Gasteiger partial charge in [0.25, 0.3) is 0 Å². The van der Waals surface area contributed by atoms with Crippen LogP contribution in [0.5, 0.6) is 0 Å². The normalized spacial score (nSPS) is 12.1. The summed E-state index contributed by atoms with van der Waals surface area (Å²) in [5.74, 6) is 0. The molecule has 0 saturated heterocycles. The summed E-state index contributed by atoms with van der Waals surface area (Å²) in [6.07, 6.45) is 10.1. The number of hydrogen-bond donors (Lipinski definition) is 0. The van der Waals surface area contributed by atoms with E-state index in [4.69, 9.17) is 23.2 Å². The quantitative estimate of drug-likeness (QED) is 0.414. The Kier molecular flexibility index (Phi) is 7.79. The van der Waals surface area contributed by atoms with E-state index in [1.165, 1.54) is 56.9 Å². The molecule has 19 heavy (non-hydrogen) atoms. The van der Waals surface area contributed by atoms with Gasteiger partial charge in [0.1, 0.15) is 4.34 Å². The molecular formula is C16H26Cl2S. The van der Waals surface area contributed by atoms with Crippen molar-refractivity contribution >= 4 is 34.5 Å². The summed E-state index contributed by atoms with van der Waals surface area (Å²) in [7, 11) is 0. The number of rotatable bonds is 9. The molecule has 0 aromatic carbocycles. The molecule has 0 atom stereocenters. The van der Waals surface area contributed by atoms with E-state index < -0.39 is 0 Å². The highest BCUT2D eigenvalue weighted by molar-refractivity contribution is 7.15. The molecule has 0 bridgehead atoms. The molecule has 3 heteroatoms. The monoisotopic (exact) mass is 320 g/mol. The fourth-order valence-electron chi connectivity index (χ4n) is 2.65. The second-order valence-corrected chi connectivity index (χ2v) is 7.57. The Morgan fingerprint density at radius 1 is 1.00 bits per heavy atom. The van der Waals surface area contributed by atoms with Crippen molar-refractivity contribution in [1.82, 2.24) is 0 Å². The minimum atomic E-state index is 0.199. The van der Waals surface area contributed by atoms with Crippen LogP contribution < -0.4 is 0 Å². The van der Waals surface area contributed by atoms with Crippen LogP contribution in [0.3, 0.4) is 0 Å². The van der Waals surface area contributed by atoms with Crippen molar-refractivity contribution in [2.75, 3.05) is 0 Å². The van der Waals surface area contributed by atoms with Gasteiger partial charge < -0.3 is 0 Å². The molecule has 0 aliphatic rings. The Morgan fingerprint density at radius 3 is 1.89 bits per heavy atom. The minimum absolute atomic E-state index is 0.199. The molecule has 0 nitrogen and oxygen atoms in total. The Balaban J connectivity index is 2.80. The van der Waals surface area contributed by atoms with Gasteiger partial charge in [0.15, 0.2) is 0 Å². The van der Waals surface area contributed by atoms with Gasteiger partial charge >= 0.3 is 0 Å². The van der Waals surface area contributed by atoms with Crippen molar-refractivity contribution < 1.29 is 0 Å². The summed E-state index contributed by atoms with van der Waals surface area (Å²) in [4.78, 5) is 0. The van der Waals surface area contributed by atoms with Gasteiger partial charge in [-0.1, -0.05) is 82.5 Å². The maximum atomic E-state index is 6.40. The van der Waals surface area contributed by atoms with Crippen molar-refractivity contribution in [1.29, 1.82) is 0 Å². The highest BCUT2D eigenvalue weighted by atomic mass is 35.5. The first-order chi connectivity index (χ1) is 9.05. The van der Waals surface area contributed by atoms with Gasteiger partial charge in [0.05, 0.1) is 5.02 Å². The fraction of sp³-hybridized carbons (Fsp3) is 0.750. The zero-order valence-electron chi connectivity index (χ0n) is 12.4. The Bertz CT molecular complexity index is 361. The maximum Gasteiger partial charge on any atom is 0.112 e. The van der Waals surface area contributed by atoms with E-state index in [1.54, 1.807) is 11.3 Å². The lowest BCUT2D eigenvalue weighted by Gasteiger charge is -2.30. The maximum absolute atomic E-state index is 6.40. The molecule has 1 aromatic heterocycles. The van der Waals surface area contributed by atoms with Gasteiger partial charge in [-0.2, -0.15) is 0 Å². The van der Waals surface area contributed by atoms with Gasteiger partial charge in [-0.3, -0.25) is 0 Å². The first-order valence-corrected chi connectivity index (χ1v) is 9.11. The second kappa shape index (κ2) is 8.54. The van der Waals surface area contributed by atoms with E-state index in [0.717, 1.165) is 9.36 Å². The third kappa shape index (κ3) is 4.95. The van der Waals surface area contributed by atoms with Crippen LogP contribution in [0.1, 0.15) is 77.7 Å². The number of hydrogen-bond acceptors (Lipinski definition) is 1. The Labute approximate surface area is 132 Å². The zero-order valence-corrected chi connectivity index (χ0v) is 14.7. The summed E-state index contributed by atoms with van der Waals surface area (Å²) in [5, 5.41) is 2.96. The first-order valence-electron chi connectivity index (χ1n) is 7.48. The van der Waals surface area contributed by atoms with Crippen molar-refractivity contribution in [2.45, 2.75) is 77.6 Å². The van der Waals surface area contributed by atoms with Gasteiger partial charge in [-0.05, 0) is 29.2 Å². The highest BCUT2D eigenvalue weighted by Crippen LogP contribution is 2.44. The molecule has 0 N–H and O–H groups in total. The Morgan fingerprint density at radius 2 is 1.53 bits per heavy atom. The molecule has 0 unspecified atom stereocenters. The molecule has 110 valence electrons. The van der Waals surface area contributed by atoms with Crippen molar-refractivity contribution in [3.8, 4) is 0 Å². The van der Waals surface area contributed by atoms with E-state index in [2.05, 4.69) is 26.2 Å². The van der Waals surface area contributed by atoms with Crippen molar-refractivity contribution in [3.63, 3.8) is 0 Å². The van der Waals surface area contributed by atoms with Crippen LogP contribution in [-0.4, -0.2) is 0 Å². The summed E-state index contributed by atoms with van der Waals surface area (Å²) in [6, 6.07) is 0. The standard InChI is InChI=1S/C16H26Cl2S/c1-4-6-8-10-16(3,11-9-7-5-2)13-12-19-15(18)14(13)17/h12H,4-11H2,1-3H3. The lowest BCUT2D eigenvalue weighted by Crippen LogP contribution is -2.21. The van der Waals surface area contributed by atoms with Gasteiger partial charge in [-0.25, -0.2) is 0 Å². The fourth-order valence-corrected chi connectivity index (χ4v) is 4.21. The molecule has 0 saturated carbocycles. The van der Waals surface area contributed by atoms with E-state index in [9.17, 15) is 0 Å². The summed E-state index contributed by atoms with van der Waals surface area (Å²) in [6.45, 7) is 6.87. The van der Waals surface area contributed by atoms with Crippen LogP contribution in [0.15, 0.2) is 5.38 Å². The van der Waals surface area contributed by atoms with Gasteiger partial charge in [0, 0.05) is 0 Å². The van der Waals surface area contributed by atoms with E-state index in [-0.39, 0.29) is 5.41 Å². The third-order valence-corrected chi connectivity index (χ3v) is 5.83. The van der Waals surface area contributed by atoms with Crippen LogP contribution in [0.2, 0.25) is 9.36 Å². The average molecular weight is 321 g/mol. The third-order valence-electron chi connectivity index (χ3n) is 4.00. The lowest BCUT2D eigenvalue weighted by molar-refractivity contribution is 0.368. The summed E-state index contributed by atoms with van der Waals surface area (Å²) in [5.41, 5.74) is 1.47. The van der Waals surface area contributed by atoms with E-state index in [0.29, 0.717) is 0 Å². The van der Waals surface area contributed by atoms with Crippen molar-refractivity contribution in [2.24, 2.45) is 0 Å².